The van der Waals surface area contributed by atoms with Crippen molar-refractivity contribution < 1.29 is 9.53 Å². The Morgan fingerprint density at radius 3 is 2.81 bits per heavy atom. The Morgan fingerprint density at radius 1 is 1.38 bits per heavy atom. The van der Waals surface area contributed by atoms with E-state index >= 15 is 0 Å². The van der Waals surface area contributed by atoms with Crippen LogP contribution in [0.2, 0.25) is 10.0 Å². The van der Waals surface area contributed by atoms with E-state index in [9.17, 15) is 4.79 Å². The van der Waals surface area contributed by atoms with Crippen molar-refractivity contribution in [2.75, 3.05) is 19.0 Å². The number of nitrogens with zero attached hydrogens (tertiary/aromatic N) is 2. The Morgan fingerprint density at radius 2 is 2.14 bits per heavy atom. The number of benzene rings is 1. The molecule has 2 rings (SSSR count). The molecule has 0 aliphatic rings. The number of methoxy groups -OCH3 is 1. The highest BCUT2D eigenvalue weighted by atomic mass is 35.5. The van der Waals surface area contributed by atoms with Crippen LogP contribution in [0.1, 0.15) is 0 Å². The number of halogens is 2. The summed E-state index contributed by atoms with van der Waals surface area (Å²) in [5.74, 6) is 0.439. The maximum atomic E-state index is 11.8. The molecule has 0 aliphatic carbocycles. The molecule has 0 saturated carbocycles. The van der Waals surface area contributed by atoms with E-state index in [0.717, 1.165) is 0 Å². The zero-order valence-corrected chi connectivity index (χ0v) is 12.8. The minimum Gasteiger partial charge on any atom is -0.495 e. The molecule has 2 N–H and O–H groups in total. The molecule has 8 heteroatoms. The van der Waals surface area contributed by atoms with Gasteiger partial charge in [-0.2, -0.15) is 0 Å². The number of ether oxygens (including phenoxy) is 1. The van der Waals surface area contributed by atoms with E-state index in [4.69, 9.17) is 27.9 Å². The van der Waals surface area contributed by atoms with Crippen LogP contribution >= 0.6 is 23.2 Å². The molecule has 0 bridgehead atoms. The predicted molar refractivity (Wildman–Crippen MR) is 82.3 cm³/mol. The summed E-state index contributed by atoms with van der Waals surface area (Å²) in [6, 6.07) is 2.73. The van der Waals surface area contributed by atoms with Gasteiger partial charge in [0.1, 0.15) is 5.75 Å². The van der Waals surface area contributed by atoms with Crippen molar-refractivity contribution in [1.29, 1.82) is 0 Å². The number of imidazole rings is 1. The van der Waals surface area contributed by atoms with Crippen LogP contribution < -0.4 is 15.4 Å². The Balaban J connectivity index is 1.91. The fourth-order valence-corrected chi connectivity index (χ4v) is 2.00. The highest BCUT2D eigenvalue weighted by Crippen LogP contribution is 2.33. The Kier molecular flexibility index (Phi) is 5.30. The Bertz CT molecular complexity index is 617. The van der Waals surface area contributed by atoms with E-state index < -0.39 is 0 Å². The fraction of sp³-hybridized carbons (Fsp3) is 0.231. The maximum Gasteiger partial charge on any atom is 0.319 e. The van der Waals surface area contributed by atoms with E-state index in [-0.39, 0.29) is 6.03 Å². The SMILES string of the molecule is COc1cc(Cl)c(Cl)cc1NC(=O)NCCn1ccnc1. The first-order valence-corrected chi connectivity index (χ1v) is 6.89. The third-order valence-corrected chi connectivity index (χ3v) is 3.43. The largest absolute Gasteiger partial charge is 0.495 e. The van der Waals surface area contributed by atoms with Gasteiger partial charge >= 0.3 is 6.03 Å². The van der Waals surface area contributed by atoms with Crippen molar-refractivity contribution >= 4 is 34.9 Å². The van der Waals surface area contributed by atoms with Crippen LogP contribution in [0.15, 0.2) is 30.9 Å². The minimum atomic E-state index is -0.355. The van der Waals surface area contributed by atoms with Crippen molar-refractivity contribution in [3.8, 4) is 5.75 Å². The molecule has 0 atom stereocenters. The molecule has 0 radical (unpaired) electrons. The summed E-state index contributed by atoms with van der Waals surface area (Å²) >= 11 is 11.8. The van der Waals surface area contributed by atoms with Gasteiger partial charge in [0.2, 0.25) is 0 Å². The van der Waals surface area contributed by atoms with E-state index in [1.54, 1.807) is 18.6 Å². The molecule has 2 aromatic rings. The Labute approximate surface area is 132 Å². The molecule has 0 aliphatic heterocycles. The van der Waals surface area contributed by atoms with Crippen LogP contribution in [0.3, 0.4) is 0 Å². The monoisotopic (exact) mass is 328 g/mol. The number of urea groups is 1. The smallest absolute Gasteiger partial charge is 0.319 e. The number of rotatable bonds is 5. The lowest BCUT2D eigenvalue weighted by Gasteiger charge is -2.12. The molecular weight excluding hydrogens is 315 g/mol. The summed E-state index contributed by atoms with van der Waals surface area (Å²) < 4.78 is 7.01. The quantitative estimate of drug-likeness (QED) is 0.886. The molecule has 6 nitrogen and oxygen atoms in total. The molecule has 0 spiro atoms. The van der Waals surface area contributed by atoms with Crippen LogP contribution in [0, 0.1) is 0 Å². The van der Waals surface area contributed by atoms with E-state index in [1.165, 1.54) is 13.2 Å². The Hall–Kier alpha value is -1.92. The van der Waals surface area contributed by atoms with E-state index in [1.807, 2.05) is 10.8 Å². The van der Waals surface area contributed by atoms with Gasteiger partial charge in [-0.25, -0.2) is 9.78 Å². The number of aromatic nitrogens is 2. The van der Waals surface area contributed by atoms with Crippen LogP contribution in [0.5, 0.6) is 5.75 Å². The van der Waals surface area contributed by atoms with Crippen LogP contribution in [-0.4, -0.2) is 29.2 Å². The lowest BCUT2D eigenvalue weighted by atomic mass is 10.3. The number of hydrogen-bond donors (Lipinski definition) is 2. The molecule has 2 amide bonds. The molecular formula is C13H14Cl2N4O2. The average Bonchev–Trinajstić information content (AvgIpc) is 2.96. The predicted octanol–water partition coefficient (Wildman–Crippen LogP) is 3.02. The third kappa shape index (κ3) is 4.27. The van der Waals surface area contributed by atoms with Crippen molar-refractivity contribution in [3.05, 3.63) is 40.9 Å². The zero-order valence-electron chi connectivity index (χ0n) is 11.3. The number of anilines is 1. The highest BCUT2D eigenvalue weighted by Gasteiger charge is 2.10. The highest BCUT2D eigenvalue weighted by molar-refractivity contribution is 6.42. The summed E-state index contributed by atoms with van der Waals surface area (Å²) in [5.41, 5.74) is 0.451. The van der Waals surface area contributed by atoms with E-state index in [0.29, 0.717) is 34.6 Å². The van der Waals surface area contributed by atoms with Crippen molar-refractivity contribution in [3.63, 3.8) is 0 Å². The van der Waals surface area contributed by atoms with E-state index in [2.05, 4.69) is 15.6 Å². The van der Waals surface area contributed by atoms with Crippen molar-refractivity contribution in [2.45, 2.75) is 6.54 Å². The maximum absolute atomic E-state index is 11.8. The molecule has 0 fully saturated rings. The number of amides is 2. The second-order valence-corrected chi connectivity index (χ2v) is 4.96. The molecule has 21 heavy (non-hydrogen) atoms. The summed E-state index contributed by atoms with van der Waals surface area (Å²) in [6.07, 6.45) is 5.18. The molecule has 0 saturated heterocycles. The van der Waals surface area contributed by atoms with Gasteiger partial charge in [-0.1, -0.05) is 23.2 Å². The van der Waals surface area contributed by atoms with Gasteiger partial charge in [0.05, 0.1) is 29.2 Å². The first-order valence-electron chi connectivity index (χ1n) is 6.14. The third-order valence-electron chi connectivity index (χ3n) is 2.71. The summed E-state index contributed by atoms with van der Waals surface area (Å²) in [5, 5.41) is 6.09. The van der Waals surface area contributed by atoms with Crippen LogP contribution in [0.25, 0.3) is 0 Å². The summed E-state index contributed by atoms with van der Waals surface area (Å²) in [4.78, 5) is 15.7. The van der Waals surface area contributed by atoms with Crippen LogP contribution in [0.4, 0.5) is 10.5 Å². The number of carbonyl (C=O) groups is 1. The van der Waals surface area contributed by atoms with Gasteiger partial charge in [-0.15, -0.1) is 0 Å². The number of carbonyl (C=O) groups excluding carboxylic acids is 1. The zero-order chi connectivity index (χ0) is 15.2. The van der Waals surface area contributed by atoms with Gasteiger partial charge in [-0.05, 0) is 6.07 Å². The van der Waals surface area contributed by atoms with Gasteiger partial charge in [0, 0.05) is 31.5 Å². The lowest BCUT2D eigenvalue weighted by Crippen LogP contribution is -2.31. The molecule has 112 valence electrons. The van der Waals surface area contributed by atoms with Gasteiger partial charge in [0.25, 0.3) is 0 Å². The van der Waals surface area contributed by atoms with Crippen LogP contribution in [-0.2, 0) is 6.54 Å². The van der Waals surface area contributed by atoms with Gasteiger partial charge in [0.15, 0.2) is 0 Å². The molecule has 1 heterocycles. The number of hydrogen-bond acceptors (Lipinski definition) is 3. The fourth-order valence-electron chi connectivity index (χ4n) is 1.68. The van der Waals surface area contributed by atoms with Crippen molar-refractivity contribution in [2.24, 2.45) is 0 Å². The van der Waals surface area contributed by atoms with Crippen molar-refractivity contribution in [1.82, 2.24) is 14.9 Å². The second-order valence-electron chi connectivity index (χ2n) is 4.15. The van der Waals surface area contributed by atoms with Gasteiger partial charge in [-0.3, -0.25) is 0 Å². The second kappa shape index (κ2) is 7.19. The topological polar surface area (TPSA) is 68.2 Å². The molecule has 0 unspecified atom stereocenters. The first-order chi connectivity index (χ1) is 10.1. The normalized spacial score (nSPS) is 10.2. The summed E-state index contributed by atoms with van der Waals surface area (Å²) in [6.45, 7) is 1.09. The first kappa shape index (κ1) is 15.5. The standard InChI is InChI=1S/C13H14Cl2N4O2/c1-21-12-7-10(15)9(14)6-11(12)18-13(20)17-3-5-19-4-2-16-8-19/h2,4,6-8H,3,5H2,1H3,(H2,17,18,20). The lowest BCUT2D eigenvalue weighted by molar-refractivity contribution is 0.251. The minimum absolute atomic E-state index is 0.339. The van der Waals surface area contributed by atoms with Gasteiger partial charge < -0.3 is 19.9 Å². The summed E-state index contributed by atoms with van der Waals surface area (Å²) in [7, 11) is 1.49. The number of nitrogens with one attached hydrogen (secondary N) is 2. The molecule has 1 aromatic carbocycles. The average molecular weight is 329 g/mol. The molecule has 1 aromatic heterocycles.